The third kappa shape index (κ3) is 3.92. The van der Waals surface area contributed by atoms with Gasteiger partial charge in [-0.2, -0.15) is 5.10 Å². The lowest BCUT2D eigenvalue weighted by molar-refractivity contribution is 0.0955. The Morgan fingerprint density at radius 2 is 1.85 bits per heavy atom. The third-order valence-electron chi connectivity index (χ3n) is 2.65. The summed E-state index contributed by atoms with van der Waals surface area (Å²) < 4.78 is 0.964. The van der Waals surface area contributed by atoms with E-state index in [4.69, 9.17) is 11.6 Å². The summed E-state index contributed by atoms with van der Waals surface area (Å²) in [7, 11) is 0. The molecule has 5 heteroatoms. The van der Waals surface area contributed by atoms with Gasteiger partial charge in [-0.05, 0) is 42.8 Å². The fraction of sp³-hybridized carbons (Fsp3) is 0.0667. The zero-order valence-electron chi connectivity index (χ0n) is 10.7. The molecule has 0 saturated carbocycles. The van der Waals surface area contributed by atoms with Crippen molar-refractivity contribution in [3.8, 4) is 0 Å². The molecule has 102 valence electrons. The lowest BCUT2D eigenvalue weighted by atomic mass is 10.1. The molecule has 0 aliphatic carbocycles. The molecule has 0 bridgehead atoms. The smallest absolute Gasteiger partial charge is 0.267 e. The van der Waals surface area contributed by atoms with Crippen LogP contribution in [0.15, 0.2) is 58.1 Å². The Labute approximate surface area is 130 Å². The Balaban J connectivity index is 2.11. The van der Waals surface area contributed by atoms with Crippen molar-refractivity contribution >= 4 is 39.1 Å². The molecular weight excluding hydrogens is 340 g/mol. The molecule has 0 atom stereocenters. The molecule has 0 spiro atoms. The van der Waals surface area contributed by atoms with Crippen molar-refractivity contribution in [2.24, 2.45) is 5.10 Å². The first kappa shape index (κ1) is 14.8. The zero-order valence-corrected chi connectivity index (χ0v) is 13.1. The molecule has 0 aliphatic heterocycles. The van der Waals surface area contributed by atoms with Crippen LogP contribution in [0.4, 0.5) is 0 Å². The molecule has 3 nitrogen and oxygen atoms in total. The number of benzene rings is 2. The molecule has 1 N–H and O–H groups in total. The zero-order chi connectivity index (χ0) is 14.5. The molecule has 20 heavy (non-hydrogen) atoms. The van der Waals surface area contributed by atoms with E-state index >= 15 is 0 Å². The van der Waals surface area contributed by atoms with E-state index in [0.717, 1.165) is 15.7 Å². The van der Waals surface area contributed by atoms with E-state index in [0.29, 0.717) is 10.6 Å². The predicted octanol–water partition coefficient (Wildman–Crippen LogP) is 4.26. The fourth-order valence-corrected chi connectivity index (χ4v) is 2.20. The quantitative estimate of drug-likeness (QED) is 0.651. The summed E-state index contributed by atoms with van der Waals surface area (Å²) in [5, 5.41) is 4.61. The number of hydrogen-bond acceptors (Lipinski definition) is 2. The number of hydrogen-bond donors (Lipinski definition) is 1. The predicted molar refractivity (Wildman–Crippen MR) is 85.3 cm³/mol. The van der Waals surface area contributed by atoms with Gasteiger partial charge in [0.05, 0.1) is 5.71 Å². The second-order valence-corrected chi connectivity index (χ2v) is 5.51. The van der Waals surface area contributed by atoms with E-state index in [9.17, 15) is 4.79 Å². The van der Waals surface area contributed by atoms with Crippen LogP contribution in [-0.4, -0.2) is 11.6 Å². The maximum atomic E-state index is 11.9. The standard InChI is InChI=1S/C15H12BrClN2O/c1-10(11-4-2-6-13(16)8-11)18-19-15(20)12-5-3-7-14(17)9-12/h2-9H,1H3,(H,19,20)/b18-10-. The highest BCUT2D eigenvalue weighted by molar-refractivity contribution is 9.10. The van der Waals surface area contributed by atoms with Gasteiger partial charge in [-0.3, -0.25) is 4.79 Å². The SMILES string of the molecule is C/C(=N/NC(=O)c1cccc(Cl)c1)c1cccc(Br)c1. The first-order valence-electron chi connectivity index (χ1n) is 5.92. The molecule has 0 fully saturated rings. The molecule has 1 amide bonds. The van der Waals surface area contributed by atoms with E-state index in [1.54, 1.807) is 24.3 Å². The van der Waals surface area contributed by atoms with Crippen molar-refractivity contribution in [2.45, 2.75) is 6.92 Å². The minimum atomic E-state index is -0.290. The molecule has 2 rings (SSSR count). The molecule has 2 aromatic carbocycles. The highest BCUT2D eigenvalue weighted by Crippen LogP contribution is 2.13. The first-order chi connectivity index (χ1) is 9.56. The van der Waals surface area contributed by atoms with Crippen LogP contribution in [0.2, 0.25) is 5.02 Å². The van der Waals surface area contributed by atoms with Crippen molar-refractivity contribution < 1.29 is 4.79 Å². The Bertz CT molecular complexity index is 670. The van der Waals surface area contributed by atoms with Gasteiger partial charge in [0.1, 0.15) is 0 Å². The van der Waals surface area contributed by atoms with Crippen LogP contribution in [-0.2, 0) is 0 Å². The van der Waals surface area contributed by atoms with Crippen molar-refractivity contribution in [3.63, 3.8) is 0 Å². The van der Waals surface area contributed by atoms with Gasteiger partial charge in [0.15, 0.2) is 0 Å². The van der Waals surface area contributed by atoms with Gasteiger partial charge >= 0.3 is 0 Å². The summed E-state index contributed by atoms with van der Waals surface area (Å²) in [6.07, 6.45) is 0. The first-order valence-corrected chi connectivity index (χ1v) is 7.09. The highest BCUT2D eigenvalue weighted by atomic mass is 79.9. The van der Waals surface area contributed by atoms with Gasteiger partial charge in [-0.1, -0.05) is 45.7 Å². The molecule has 0 unspecified atom stereocenters. The average molecular weight is 352 g/mol. The number of carbonyl (C=O) groups is 1. The van der Waals surface area contributed by atoms with Gasteiger partial charge in [-0.15, -0.1) is 0 Å². The summed E-state index contributed by atoms with van der Waals surface area (Å²) in [6, 6.07) is 14.4. The maximum absolute atomic E-state index is 11.9. The third-order valence-corrected chi connectivity index (χ3v) is 3.38. The van der Waals surface area contributed by atoms with Crippen LogP contribution < -0.4 is 5.43 Å². The largest absolute Gasteiger partial charge is 0.271 e. The van der Waals surface area contributed by atoms with Crippen molar-refractivity contribution in [3.05, 3.63) is 69.2 Å². The summed E-state index contributed by atoms with van der Waals surface area (Å²) >= 11 is 9.24. The number of nitrogens with zero attached hydrogens (tertiary/aromatic N) is 1. The summed E-state index contributed by atoms with van der Waals surface area (Å²) in [6.45, 7) is 1.83. The molecule has 0 aliphatic rings. The van der Waals surface area contributed by atoms with Gasteiger partial charge in [0.25, 0.3) is 5.91 Å². The maximum Gasteiger partial charge on any atom is 0.271 e. The Morgan fingerprint density at radius 1 is 1.15 bits per heavy atom. The van der Waals surface area contributed by atoms with Crippen molar-refractivity contribution in [2.75, 3.05) is 0 Å². The van der Waals surface area contributed by atoms with E-state index < -0.39 is 0 Å². The number of amides is 1. The van der Waals surface area contributed by atoms with Crippen LogP contribution in [0.5, 0.6) is 0 Å². The average Bonchev–Trinajstić information content (AvgIpc) is 2.44. The van der Waals surface area contributed by atoms with Crippen LogP contribution in [0.1, 0.15) is 22.8 Å². The molecule has 0 heterocycles. The minimum Gasteiger partial charge on any atom is -0.267 e. The van der Waals surface area contributed by atoms with Gasteiger partial charge in [0.2, 0.25) is 0 Å². The second kappa shape index (κ2) is 6.68. The number of rotatable bonds is 3. The summed E-state index contributed by atoms with van der Waals surface area (Å²) in [4.78, 5) is 11.9. The topological polar surface area (TPSA) is 41.5 Å². The lowest BCUT2D eigenvalue weighted by Gasteiger charge is -2.04. The minimum absolute atomic E-state index is 0.290. The molecule has 2 aromatic rings. The van der Waals surface area contributed by atoms with E-state index in [1.807, 2.05) is 31.2 Å². The fourth-order valence-electron chi connectivity index (χ4n) is 1.61. The van der Waals surface area contributed by atoms with Crippen LogP contribution in [0.3, 0.4) is 0 Å². The number of hydrazone groups is 1. The van der Waals surface area contributed by atoms with E-state index in [-0.39, 0.29) is 5.91 Å². The van der Waals surface area contributed by atoms with Crippen molar-refractivity contribution in [1.29, 1.82) is 0 Å². The summed E-state index contributed by atoms with van der Waals surface area (Å²) in [5.41, 5.74) is 4.65. The molecule has 0 saturated heterocycles. The van der Waals surface area contributed by atoms with Crippen molar-refractivity contribution in [1.82, 2.24) is 5.43 Å². The molecular formula is C15H12BrClN2O. The Hall–Kier alpha value is -1.65. The Morgan fingerprint density at radius 3 is 2.55 bits per heavy atom. The summed E-state index contributed by atoms with van der Waals surface area (Å²) in [5.74, 6) is -0.290. The highest BCUT2D eigenvalue weighted by Gasteiger charge is 2.05. The number of halogens is 2. The van der Waals surface area contributed by atoms with E-state index in [2.05, 4.69) is 26.5 Å². The normalized spacial score (nSPS) is 11.2. The van der Waals surface area contributed by atoms with Crippen LogP contribution in [0, 0.1) is 0 Å². The van der Waals surface area contributed by atoms with Gasteiger partial charge in [-0.25, -0.2) is 5.43 Å². The monoisotopic (exact) mass is 350 g/mol. The number of carbonyl (C=O) groups excluding carboxylic acids is 1. The molecule has 0 radical (unpaired) electrons. The number of nitrogens with one attached hydrogen (secondary N) is 1. The van der Waals surface area contributed by atoms with E-state index in [1.165, 1.54) is 0 Å². The van der Waals surface area contributed by atoms with Gasteiger partial charge < -0.3 is 0 Å². The lowest BCUT2D eigenvalue weighted by Crippen LogP contribution is -2.19. The Kier molecular flexibility index (Phi) is 4.93. The van der Waals surface area contributed by atoms with Crippen LogP contribution >= 0.6 is 27.5 Å². The van der Waals surface area contributed by atoms with Crippen LogP contribution in [0.25, 0.3) is 0 Å². The molecule has 0 aromatic heterocycles. The van der Waals surface area contributed by atoms with Gasteiger partial charge in [0, 0.05) is 15.1 Å². The second-order valence-electron chi connectivity index (χ2n) is 4.16.